The molecule has 334 valence electrons. The second kappa shape index (κ2) is 33.9. The van der Waals surface area contributed by atoms with Gasteiger partial charge >= 0.3 is 23.9 Å². The number of rotatable bonds is 36. The molecule has 0 spiro atoms. The van der Waals surface area contributed by atoms with Crippen LogP contribution in [0.4, 0.5) is 0 Å². The van der Waals surface area contributed by atoms with E-state index in [0.29, 0.717) is 49.4 Å². The van der Waals surface area contributed by atoms with Gasteiger partial charge in [0.05, 0.1) is 48.7 Å². The highest BCUT2D eigenvalue weighted by molar-refractivity contribution is 6.15. The zero-order chi connectivity index (χ0) is 43.0. The average Bonchev–Trinajstić information content (AvgIpc) is 3.17. The van der Waals surface area contributed by atoms with E-state index in [9.17, 15) is 19.2 Å². The van der Waals surface area contributed by atoms with Gasteiger partial charge in [-0.05, 0) is 61.5 Å². The van der Waals surface area contributed by atoms with Crippen molar-refractivity contribution in [1.29, 1.82) is 0 Å². The van der Waals surface area contributed by atoms with Gasteiger partial charge in [0.1, 0.15) is 0 Å². The quantitative estimate of drug-likeness (QED) is 0.0375. The Morgan fingerprint density at radius 1 is 0.328 bits per heavy atom. The number of hydrogen-bond acceptors (Lipinski definition) is 8. The number of unbranched alkanes of at least 4 members (excludes halogenated alkanes) is 16. The SMILES string of the molecule is CC(C)CCCCCCCOC(=O)c1ccc(C(=O)OCCCCCCCC(C)C)c(C(=O)OCCCCCCCC(C)C)c1C(=O)OCCCCCCCC(C)C. The Morgan fingerprint density at radius 2 is 0.534 bits per heavy atom. The number of carbonyl (C=O) groups is 4. The Balaban J connectivity index is 3.22. The second-order valence-electron chi connectivity index (χ2n) is 18.3. The first kappa shape index (κ1) is 53.1. The van der Waals surface area contributed by atoms with Gasteiger partial charge in [0.2, 0.25) is 0 Å². The minimum atomic E-state index is -0.843. The molecule has 0 amide bonds. The maximum atomic E-state index is 14.0. The molecule has 0 unspecified atom stereocenters. The van der Waals surface area contributed by atoms with Crippen LogP contribution in [0.1, 0.15) is 251 Å². The van der Waals surface area contributed by atoms with Crippen molar-refractivity contribution < 1.29 is 38.1 Å². The van der Waals surface area contributed by atoms with Crippen molar-refractivity contribution in [3.8, 4) is 0 Å². The highest BCUT2D eigenvalue weighted by atomic mass is 16.5. The van der Waals surface area contributed by atoms with Crippen LogP contribution < -0.4 is 0 Å². The third-order valence-electron chi connectivity index (χ3n) is 10.7. The van der Waals surface area contributed by atoms with Crippen molar-refractivity contribution >= 4 is 23.9 Å². The summed E-state index contributed by atoms with van der Waals surface area (Å²) in [5.74, 6) is -0.408. The van der Waals surface area contributed by atoms with Gasteiger partial charge in [-0.3, -0.25) is 0 Å². The Morgan fingerprint density at radius 3 is 0.776 bits per heavy atom. The van der Waals surface area contributed by atoms with Crippen LogP contribution in [0, 0.1) is 23.7 Å². The smallest absolute Gasteiger partial charge is 0.339 e. The van der Waals surface area contributed by atoms with Gasteiger partial charge < -0.3 is 18.9 Å². The van der Waals surface area contributed by atoms with Crippen LogP contribution >= 0.6 is 0 Å². The first-order chi connectivity index (χ1) is 27.8. The van der Waals surface area contributed by atoms with E-state index in [0.717, 1.165) is 77.0 Å². The van der Waals surface area contributed by atoms with Crippen molar-refractivity contribution in [1.82, 2.24) is 0 Å². The molecule has 8 heteroatoms. The van der Waals surface area contributed by atoms with Crippen molar-refractivity contribution in [2.75, 3.05) is 26.4 Å². The molecular formula is C50H86O8. The van der Waals surface area contributed by atoms with Gasteiger partial charge in [0.25, 0.3) is 0 Å². The largest absolute Gasteiger partial charge is 0.462 e. The van der Waals surface area contributed by atoms with Gasteiger partial charge in [-0.15, -0.1) is 0 Å². The normalized spacial score (nSPS) is 11.5. The van der Waals surface area contributed by atoms with E-state index < -0.39 is 23.9 Å². The highest BCUT2D eigenvalue weighted by Crippen LogP contribution is 2.26. The molecule has 0 fully saturated rings. The van der Waals surface area contributed by atoms with E-state index in [-0.39, 0.29) is 48.7 Å². The van der Waals surface area contributed by atoms with E-state index in [1.807, 2.05) is 0 Å². The zero-order valence-electron chi connectivity index (χ0n) is 38.5. The number of benzene rings is 1. The zero-order valence-corrected chi connectivity index (χ0v) is 38.5. The van der Waals surface area contributed by atoms with E-state index >= 15 is 0 Å². The first-order valence-electron chi connectivity index (χ1n) is 23.7. The molecule has 0 aliphatic carbocycles. The molecule has 0 atom stereocenters. The van der Waals surface area contributed by atoms with E-state index in [1.165, 1.54) is 63.5 Å². The third kappa shape index (κ3) is 26.3. The molecule has 0 aromatic heterocycles. The average molecular weight is 815 g/mol. The molecule has 0 saturated heterocycles. The van der Waals surface area contributed by atoms with Crippen molar-refractivity contribution in [3.63, 3.8) is 0 Å². The van der Waals surface area contributed by atoms with Crippen molar-refractivity contribution in [3.05, 3.63) is 34.4 Å². The fourth-order valence-electron chi connectivity index (χ4n) is 7.07. The van der Waals surface area contributed by atoms with Crippen LogP contribution in [0.15, 0.2) is 12.1 Å². The fraction of sp³-hybridized carbons (Fsp3) is 0.800. The standard InChI is InChI=1S/C50H86O8/c1-39(2)29-21-13-9-17-25-35-55-47(51)43-33-34-44(48(52)56-36-26-18-10-14-22-30-40(3)4)46(50(54)58-38-28-20-12-16-24-32-42(7)8)45(43)49(53)57-37-27-19-11-15-23-31-41(5)6/h33-34,39-42H,9-32,35-38H2,1-8H3. The van der Waals surface area contributed by atoms with Crippen LogP contribution in [0.5, 0.6) is 0 Å². The van der Waals surface area contributed by atoms with Gasteiger partial charge in [0.15, 0.2) is 0 Å². The molecule has 0 saturated carbocycles. The van der Waals surface area contributed by atoms with Crippen LogP contribution in [0.3, 0.4) is 0 Å². The lowest BCUT2D eigenvalue weighted by Gasteiger charge is -2.17. The topological polar surface area (TPSA) is 105 Å². The number of carbonyl (C=O) groups excluding carboxylic acids is 4. The minimum absolute atomic E-state index is 0.106. The van der Waals surface area contributed by atoms with Crippen molar-refractivity contribution in [2.24, 2.45) is 23.7 Å². The summed E-state index contributed by atoms with van der Waals surface area (Å²) in [4.78, 5) is 55.2. The van der Waals surface area contributed by atoms with Crippen LogP contribution in [0.2, 0.25) is 0 Å². The summed E-state index contributed by atoms with van der Waals surface area (Å²) in [6.45, 7) is 18.5. The molecule has 8 nitrogen and oxygen atoms in total. The van der Waals surface area contributed by atoms with Gasteiger partial charge in [-0.1, -0.05) is 184 Å². The lowest BCUT2D eigenvalue weighted by Crippen LogP contribution is -2.24. The molecule has 0 heterocycles. The van der Waals surface area contributed by atoms with Gasteiger partial charge in [0, 0.05) is 0 Å². The molecule has 0 N–H and O–H groups in total. The van der Waals surface area contributed by atoms with Crippen LogP contribution in [-0.4, -0.2) is 50.3 Å². The summed E-state index contributed by atoms with van der Waals surface area (Å²) in [7, 11) is 0. The minimum Gasteiger partial charge on any atom is -0.462 e. The van der Waals surface area contributed by atoms with Crippen LogP contribution in [-0.2, 0) is 18.9 Å². The number of ether oxygens (including phenoxy) is 4. The number of hydrogen-bond donors (Lipinski definition) is 0. The van der Waals surface area contributed by atoms with Gasteiger partial charge in [-0.2, -0.15) is 0 Å². The number of esters is 4. The predicted octanol–water partition coefficient (Wildman–Crippen LogP) is 14.3. The Kier molecular flexibility index (Phi) is 31.0. The van der Waals surface area contributed by atoms with Gasteiger partial charge in [-0.25, -0.2) is 19.2 Å². The molecule has 1 rings (SSSR count). The van der Waals surface area contributed by atoms with E-state index in [2.05, 4.69) is 55.4 Å². The molecule has 0 aliphatic rings. The first-order valence-corrected chi connectivity index (χ1v) is 23.7. The van der Waals surface area contributed by atoms with Crippen molar-refractivity contribution in [2.45, 2.75) is 209 Å². The molecule has 0 bridgehead atoms. The molecule has 58 heavy (non-hydrogen) atoms. The van der Waals surface area contributed by atoms with Crippen LogP contribution in [0.25, 0.3) is 0 Å². The Labute approximate surface area is 355 Å². The maximum absolute atomic E-state index is 14.0. The summed E-state index contributed by atoms with van der Waals surface area (Å²) in [5.41, 5.74) is -0.779. The fourth-order valence-corrected chi connectivity index (χ4v) is 7.07. The van der Waals surface area contributed by atoms with E-state index in [4.69, 9.17) is 18.9 Å². The lowest BCUT2D eigenvalue weighted by atomic mass is 9.95. The second-order valence-corrected chi connectivity index (χ2v) is 18.3. The molecule has 0 radical (unpaired) electrons. The molecular weight excluding hydrogens is 729 g/mol. The summed E-state index contributed by atoms with van der Waals surface area (Å²) in [6.07, 6.45) is 24.6. The van der Waals surface area contributed by atoms with E-state index in [1.54, 1.807) is 0 Å². The Bertz CT molecular complexity index is 1160. The summed E-state index contributed by atoms with van der Waals surface area (Å²) in [6, 6.07) is 2.78. The lowest BCUT2D eigenvalue weighted by molar-refractivity contribution is 0.0415. The predicted molar refractivity (Wildman–Crippen MR) is 238 cm³/mol. The molecule has 0 aliphatic heterocycles. The monoisotopic (exact) mass is 815 g/mol. The molecule has 1 aromatic rings. The summed E-state index contributed by atoms with van der Waals surface area (Å²) < 4.78 is 22.8. The molecule has 1 aromatic carbocycles. The Hall–Kier alpha value is -2.90. The summed E-state index contributed by atoms with van der Waals surface area (Å²) in [5, 5.41) is 0. The highest BCUT2D eigenvalue weighted by Gasteiger charge is 2.33. The summed E-state index contributed by atoms with van der Waals surface area (Å²) >= 11 is 0. The maximum Gasteiger partial charge on any atom is 0.339 e. The third-order valence-corrected chi connectivity index (χ3v) is 10.7.